The van der Waals surface area contributed by atoms with E-state index in [-0.39, 0.29) is 5.82 Å². The molecule has 0 fully saturated rings. The van der Waals surface area contributed by atoms with Gasteiger partial charge in [-0.3, -0.25) is 5.10 Å². The molecule has 1 heterocycles. The van der Waals surface area contributed by atoms with E-state index in [1.54, 1.807) is 17.7 Å². The average Bonchev–Trinajstić information content (AvgIpc) is 2.46. The third-order valence-corrected chi connectivity index (χ3v) is 2.82. The van der Waals surface area contributed by atoms with Crippen LogP contribution in [0.4, 0.5) is 4.39 Å². The van der Waals surface area contributed by atoms with E-state index < -0.39 is 0 Å². The van der Waals surface area contributed by atoms with Crippen molar-refractivity contribution in [3.8, 4) is 11.4 Å². The summed E-state index contributed by atoms with van der Waals surface area (Å²) in [6.45, 7) is 0. The lowest BCUT2D eigenvalue weighted by Crippen LogP contribution is -1.93. The Kier molecular flexibility index (Phi) is 2.70. The summed E-state index contributed by atoms with van der Waals surface area (Å²) >= 11 is 8.21. The van der Waals surface area contributed by atoms with Crippen LogP contribution in [0.2, 0.25) is 0 Å². The fraction of sp³-hybridized carbons (Fsp3) is 0.111. The standard InChI is InChI=1S/C9H7BrFN3S/c1-14-8(12-13-9(14)15)5-2-6(10)4-7(11)3-5/h2-4H,1H3,(H,13,15). The molecule has 0 saturated carbocycles. The molecule has 0 bridgehead atoms. The molecule has 1 aromatic carbocycles. The van der Waals surface area contributed by atoms with Crippen LogP contribution in [0, 0.1) is 10.6 Å². The fourth-order valence-corrected chi connectivity index (χ4v) is 1.89. The van der Waals surface area contributed by atoms with Gasteiger partial charge in [-0.2, -0.15) is 5.10 Å². The minimum absolute atomic E-state index is 0.312. The van der Waals surface area contributed by atoms with Gasteiger partial charge >= 0.3 is 0 Å². The average molecular weight is 288 g/mol. The van der Waals surface area contributed by atoms with E-state index in [2.05, 4.69) is 26.1 Å². The Morgan fingerprint density at radius 2 is 2.20 bits per heavy atom. The number of benzene rings is 1. The molecule has 0 unspecified atom stereocenters. The first-order chi connectivity index (χ1) is 7.08. The molecule has 3 nitrogen and oxygen atoms in total. The Balaban J connectivity index is 2.63. The van der Waals surface area contributed by atoms with Crippen molar-refractivity contribution in [2.24, 2.45) is 7.05 Å². The van der Waals surface area contributed by atoms with Crippen molar-refractivity contribution in [1.82, 2.24) is 14.8 Å². The predicted molar refractivity (Wildman–Crippen MR) is 61.5 cm³/mol. The van der Waals surface area contributed by atoms with Crippen LogP contribution in [-0.4, -0.2) is 14.8 Å². The largest absolute Gasteiger partial charge is 0.303 e. The number of rotatable bonds is 1. The van der Waals surface area contributed by atoms with E-state index in [4.69, 9.17) is 12.2 Å². The van der Waals surface area contributed by atoms with E-state index in [1.165, 1.54) is 12.1 Å². The van der Waals surface area contributed by atoms with Gasteiger partial charge < -0.3 is 4.57 Å². The van der Waals surface area contributed by atoms with Crippen molar-refractivity contribution in [1.29, 1.82) is 0 Å². The number of nitrogens with zero attached hydrogens (tertiary/aromatic N) is 2. The Labute approximate surface area is 99.1 Å². The highest BCUT2D eigenvalue weighted by atomic mass is 79.9. The quantitative estimate of drug-likeness (QED) is 0.818. The predicted octanol–water partition coefficient (Wildman–Crippen LogP) is 3.05. The van der Waals surface area contributed by atoms with Crippen LogP contribution in [0.5, 0.6) is 0 Å². The molecule has 1 aromatic heterocycles. The van der Waals surface area contributed by atoms with Crippen LogP contribution in [0.25, 0.3) is 11.4 Å². The monoisotopic (exact) mass is 287 g/mol. The van der Waals surface area contributed by atoms with Gasteiger partial charge in [0.05, 0.1) is 0 Å². The van der Waals surface area contributed by atoms with Gasteiger partial charge in [-0.25, -0.2) is 4.39 Å². The molecular weight excluding hydrogens is 281 g/mol. The topological polar surface area (TPSA) is 33.6 Å². The molecule has 2 rings (SSSR count). The number of halogens is 2. The second kappa shape index (κ2) is 3.86. The van der Waals surface area contributed by atoms with Gasteiger partial charge in [-0.15, -0.1) is 0 Å². The summed E-state index contributed by atoms with van der Waals surface area (Å²) in [5.74, 6) is 0.300. The second-order valence-electron chi connectivity index (χ2n) is 3.07. The number of H-pyrrole nitrogens is 1. The normalized spacial score (nSPS) is 10.6. The molecular formula is C9H7BrFN3S. The molecule has 0 saturated heterocycles. The molecule has 0 aliphatic carbocycles. The van der Waals surface area contributed by atoms with Gasteiger partial charge in [0.2, 0.25) is 0 Å². The van der Waals surface area contributed by atoms with E-state index in [1.807, 2.05) is 0 Å². The van der Waals surface area contributed by atoms with Gasteiger partial charge in [0.1, 0.15) is 5.82 Å². The Hall–Kier alpha value is -1.01. The third kappa shape index (κ3) is 2.00. The van der Waals surface area contributed by atoms with Gasteiger partial charge in [0.25, 0.3) is 0 Å². The molecule has 78 valence electrons. The minimum Gasteiger partial charge on any atom is -0.303 e. The molecule has 0 aliphatic heterocycles. The summed E-state index contributed by atoms with van der Waals surface area (Å²) < 4.78 is 16.0. The molecule has 1 N–H and O–H groups in total. The van der Waals surface area contributed by atoms with E-state index in [9.17, 15) is 4.39 Å². The number of aromatic amines is 1. The molecule has 0 aliphatic rings. The lowest BCUT2D eigenvalue weighted by molar-refractivity contribution is 0.627. The molecule has 15 heavy (non-hydrogen) atoms. The zero-order valence-electron chi connectivity index (χ0n) is 7.79. The summed E-state index contributed by atoms with van der Waals surface area (Å²) in [5.41, 5.74) is 0.678. The van der Waals surface area contributed by atoms with Crippen LogP contribution in [-0.2, 0) is 7.05 Å². The molecule has 0 spiro atoms. The molecule has 2 aromatic rings. The van der Waals surface area contributed by atoms with Gasteiger partial charge in [-0.05, 0) is 30.4 Å². The summed E-state index contributed by atoms with van der Waals surface area (Å²) in [5, 5.41) is 6.68. The molecule has 0 amide bonds. The molecule has 0 radical (unpaired) electrons. The summed E-state index contributed by atoms with van der Waals surface area (Å²) in [6, 6.07) is 4.59. The zero-order chi connectivity index (χ0) is 11.0. The smallest absolute Gasteiger partial charge is 0.195 e. The third-order valence-electron chi connectivity index (χ3n) is 2.00. The Morgan fingerprint density at radius 1 is 1.47 bits per heavy atom. The lowest BCUT2D eigenvalue weighted by Gasteiger charge is -2.01. The highest BCUT2D eigenvalue weighted by Gasteiger charge is 2.07. The maximum absolute atomic E-state index is 13.1. The van der Waals surface area contributed by atoms with Crippen molar-refractivity contribution in [2.75, 3.05) is 0 Å². The Bertz CT molecular complexity index is 540. The van der Waals surface area contributed by atoms with Crippen molar-refractivity contribution in [2.45, 2.75) is 0 Å². The van der Waals surface area contributed by atoms with Crippen molar-refractivity contribution >= 4 is 28.1 Å². The number of aromatic nitrogens is 3. The van der Waals surface area contributed by atoms with Crippen LogP contribution in [0.15, 0.2) is 22.7 Å². The zero-order valence-corrected chi connectivity index (χ0v) is 10.2. The summed E-state index contributed by atoms with van der Waals surface area (Å²) in [7, 11) is 1.78. The van der Waals surface area contributed by atoms with Gasteiger partial charge in [0.15, 0.2) is 10.6 Å². The lowest BCUT2D eigenvalue weighted by atomic mass is 10.2. The number of hydrogen-bond acceptors (Lipinski definition) is 2. The van der Waals surface area contributed by atoms with Crippen LogP contribution < -0.4 is 0 Å². The Morgan fingerprint density at radius 3 is 2.73 bits per heavy atom. The van der Waals surface area contributed by atoms with Gasteiger partial charge in [-0.1, -0.05) is 15.9 Å². The number of hydrogen-bond donors (Lipinski definition) is 1. The summed E-state index contributed by atoms with van der Waals surface area (Å²) in [4.78, 5) is 0. The maximum atomic E-state index is 13.1. The van der Waals surface area contributed by atoms with E-state index >= 15 is 0 Å². The maximum Gasteiger partial charge on any atom is 0.195 e. The highest BCUT2D eigenvalue weighted by Crippen LogP contribution is 2.22. The van der Waals surface area contributed by atoms with Crippen molar-refractivity contribution in [3.05, 3.63) is 33.3 Å². The first-order valence-electron chi connectivity index (χ1n) is 4.16. The van der Waals surface area contributed by atoms with Crippen LogP contribution in [0.1, 0.15) is 0 Å². The molecule has 6 heteroatoms. The first kappa shape index (κ1) is 10.5. The van der Waals surface area contributed by atoms with Crippen LogP contribution >= 0.6 is 28.1 Å². The van der Waals surface area contributed by atoms with Gasteiger partial charge in [0, 0.05) is 17.1 Å². The SMILES string of the molecule is Cn1c(-c2cc(F)cc(Br)c2)n[nH]c1=S. The second-order valence-corrected chi connectivity index (χ2v) is 4.37. The fourth-order valence-electron chi connectivity index (χ4n) is 1.29. The first-order valence-corrected chi connectivity index (χ1v) is 5.36. The highest BCUT2D eigenvalue weighted by molar-refractivity contribution is 9.10. The van der Waals surface area contributed by atoms with E-state index in [0.29, 0.717) is 20.6 Å². The minimum atomic E-state index is -0.312. The molecule has 0 atom stereocenters. The van der Waals surface area contributed by atoms with E-state index in [0.717, 1.165) is 0 Å². The number of nitrogens with one attached hydrogen (secondary N) is 1. The van der Waals surface area contributed by atoms with Crippen LogP contribution in [0.3, 0.4) is 0 Å². The summed E-state index contributed by atoms with van der Waals surface area (Å²) in [6.07, 6.45) is 0. The van der Waals surface area contributed by atoms with Crippen molar-refractivity contribution < 1.29 is 4.39 Å². The van der Waals surface area contributed by atoms with Crippen molar-refractivity contribution in [3.63, 3.8) is 0 Å².